The molecule has 0 bridgehead atoms. The lowest BCUT2D eigenvalue weighted by Gasteiger charge is -2.14. The first-order valence-electron chi connectivity index (χ1n) is 7.63. The monoisotopic (exact) mass is 416 g/mol. The number of ether oxygens (including phenoxy) is 3. The van der Waals surface area contributed by atoms with Crippen molar-refractivity contribution in [3.63, 3.8) is 0 Å². The van der Waals surface area contributed by atoms with E-state index >= 15 is 0 Å². The molecule has 0 aliphatic heterocycles. The van der Waals surface area contributed by atoms with Gasteiger partial charge in [-0.1, -0.05) is 15.9 Å². The Morgan fingerprint density at radius 2 is 1.69 bits per heavy atom. The van der Waals surface area contributed by atoms with Crippen molar-refractivity contribution in [3.05, 3.63) is 53.3 Å². The van der Waals surface area contributed by atoms with Crippen molar-refractivity contribution in [1.29, 1.82) is 0 Å². The fourth-order valence-corrected chi connectivity index (χ4v) is 2.48. The van der Waals surface area contributed by atoms with Crippen molar-refractivity contribution in [2.24, 2.45) is 0 Å². The molecule has 0 amide bonds. The van der Waals surface area contributed by atoms with Crippen LogP contribution >= 0.6 is 15.9 Å². The normalized spacial score (nSPS) is 10.3. The van der Waals surface area contributed by atoms with Crippen LogP contribution in [0.2, 0.25) is 0 Å². The second kappa shape index (κ2) is 7.92. The quantitative estimate of drug-likeness (QED) is 0.615. The van der Waals surface area contributed by atoms with E-state index in [1.807, 2.05) is 24.3 Å². The zero-order chi connectivity index (χ0) is 18.5. The summed E-state index contributed by atoms with van der Waals surface area (Å²) in [5.41, 5.74) is 7.11. The topological polar surface area (TPSA) is 91.5 Å². The maximum atomic E-state index is 6.18. The van der Waals surface area contributed by atoms with Gasteiger partial charge in [-0.2, -0.15) is 4.98 Å². The van der Waals surface area contributed by atoms with E-state index in [2.05, 4.69) is 31.2 Å². The molecule has 1 heterocycles. The predicted octanol–water partition coefficient (Wildman–Crippen LogP) is 4.37. The van der Waals surface area contributed by atoms with Crippen molar-refractivity contribution in [2.45, 2.75) is 0 Å². The van der Waals surface area contributed by atoms with Crippen molar-refractivity contribution in [3.8, 4) is 23.1 Å². The number of rotatable bonds is 6. The summed E-state index contributed by atoms with van der Waals surface area (Å²) in [6.07, 6.45) is 1.37. The minimum atomic E-state index is 0.256. The molecule has 0 radical (unpaired) electrons. The first-order chi connectivity index (χ1) is 12.6. The fourth-order valence-electron chi connectivity index (χ4n) is 2.21. The molecule has 0 fully saturated rings. The molecule has 0 spiro atoms. The van der Waals surface area contributed by atoms with Crippen molar-refractivity contribution in [2.75, 3.05) is 25.3 Å². The highest BCUT2D eigenvalue weighted by Crippen LogP contribution is 2.35. The van der Waals surface area contributed by atoms with Gasteiger partial charge in [-0.3, -0.25) is 0 Å². The number of methoxy groups -OCH3 is 2. The summed E-state index contributed by atoms with van der Waals surface area (Å²) in [5.74, 6) is 2.57. The standard InChI is InChI=1S/C18H17BrN4O3/c1-24-13-7-8-15(25-2)14(9-13)23-17-16(20)18(22-10-21-17)26-12-5-3-11(19)4-6-12/h3-10H,20H2,1-2H3,(H,21,22,23). The molecule has 7 nitrogen and oxygen atoms in total. The van der Waals surface area contributed by atoms with E-state index in [1.54, 1.807) is 32.4 Å². The van der Waals surface area contributed by atoms with Gasteiger partial charge in [0.1, 0.15) is 29.3 Å². The second-order valence-electron chi connectivity index (χ2n) is 5.19. The number of benzene rings is 2. The summed E-state index contributed by atoms with van der Waals surface area (Å²) in [5, 5.41) is 3.13. The van der Waals surface area contributed by atoms with E-state index in [9.17, 15) is 0 Å². The van der Waals surface area contributed by atoms with E-state index in [0.29, 0.717) is 28.8 Å². The molecule has 0 saturated heterocycles. The number of anilines is 3. The zero-order valence-corrected chi connectivity index (χ0v) is 15.8. The first kappa shape index (κ1) is 17.8. The van der Waals surface area contributed by atoms with Gasteiger partial charge in [0.05, 0.1) is 19.9 Å². The van der Waals surface area contributed by atoms with Gasteiger partial charge in [0.25, 0.3) is 0 Å². The lowest BCUT2D eigenvalue weighted by Crippen LogP contribution is -2.04. The highest BCUT2D eigenvalue weighted by atomic mass is 79.9. The number of hydrogen-bond donors (Lipinski definition) is 2. The number of nitrogens with one attached hydrogen (secondary N) is 1. The molecular weight excluding hydrogens is 400 g/mol. The summed E-state index contributed by atoms with van der Waals surface area (Å²) in [7, 11) is 3.17. The second-order valence-corrected chi connectivity index (χ2v) is 6.10. The maximum absolute atomic E-state index is 6.18. The summed E-state index contributed by atoms with van der Waals surface area (Å²) >= 11 is 3.38. The third-order valence-corrected chi connectivity index (χ3v) is 4.06. The third-order valence-electron chi connectivity index (χ3n) is 3.54. The number of nitrogens with two attached hydrogens (primary N) is 1. The average molecular weight is 417 g/mol. The zero-order valence-electron chi connectivity index (χ0n) is 14.2. The Kier molecular flexibility index (Phi) is 5.43. The van der Waals surface area contributed by atoms with E-state index < -0.39 is 0 Å². The molecule has 2 aromatic carbocycles. The van der Waals surface area contributed by atoms with Crippen LogP contribution in [0, 0.1) is 0 Å². The van der Waals surface area contributed by atoms with E-state index in [4.69, 9.17) is 19.9 Å². The summed E-state index contributed by atoms with van der Waals surface area (Å²) in [6, 6.07) is 12.7. The van der Waals surface area contributed by atoms with Gasteiger partial charge in [-0.05, 0) is 36.4 Å². The van der Waals surface area contributed by atoms with Crippen LogP contribution < -0.4 is 25.3 Å². The molecule has 0 unspecified atom stereocenters. The van der Waals surface area contributed by atoms with Gasteiger partial charge in [0.15, 0.2) is 5.82 Å². The molecule has 134 valence electrons. The highest BCUT2D eigenvalue weighted by Gasteiger charge is 2.13. The first-order valence-corrected chi connectivity index (χ1v) is 8.43. The SMILES string of the molecule is COc1ccc(OC)c(Nc2ncnc(Oc3ccc(Br)cc3)c2N)c1. The lowest BCUT2D eigenvalue weighted by atomic mass is 10.2. The number of nitrogens with zero attached hydrogens (tertiary/aromatic N) is 2. The van der Waals surface area contributed by atoms with Crippen LogP contribution in [0.25, 0.3) is 0 Å². The molecule has 8 heteroatoms. The molecule has 3 rings (SSSR count). The van der Waals surface area contributed by atoms with Crippen LogP contribution in [0.1, 0.15) is 0 Å². The molecule has 3 N–H and O–H groups in total. The van der Waals surface area contributed by atoms with E-state index in [-0.39, 0.29) is 11.6 Å². The van der Waals surface area contributed by atoms with E-state index in [1.165, 1.54) is 6.33 Å². The van der Waals surface area contributed by atoms with Crippen LogP contribution in [0.5, 0.6) is 23.1 Å². The van der Waals surface area contributed by atoms with Gasteiger partial charge < -0.3 is 25.3 Å². The molecule has 0 saturated carbocycles. The molecular formula is C18H17BrN4O3. The van der Waals surface area contributed by atoms with Crippen molar-refractivity contribution in [1.82, 2.24) is 9.97 Å². The third kappa shape index (κ3) is 3.97. The maximum Gasteiger partial charge on any atom is 0.248 e. The summed E-state index contributed by atoms with van der Waals surface area (Å²) < 4.78 is 17.3. The Morgan fingerprint density at radius 1 is 0.962 bits per heavy atom. The van der Waals surface area contributed by atoms with E-state index in [0.717, 1.165) is 4.47 Å². The van der Waals surface area contributed by atoms with Crippen molar-refractivity contribution >= 4 is 33.1 Å². The Labute approximate surface area is 159 Å². The average Bonchev–Trinajstić information content (AvgIpc) is 2.66. The van der Waals surface area contributed by atoms with Crippen LogP contribution in [0.15, 0.2) is 53.3 Å². The number of hydrogen-bond acceptors (Lipinski definition) is 7. The Morgan fingerprint density at radius 3 is 2.38 bits per heavy atom. The lowest BCUT2D eigenvalue weighted by molar-refractivity contribution is 0.405. The number of halogens is 1. The summed E-state index contributed by atoms with van der Waals surface area (Å²) in [6.45, 7) is 0. The van der Waals surface area contributed by atoms with Gasteiger partial charge in [-0.15, -0.1) is 0 Å². The van der Waals surface area contributed by atoms with Gasteiger partial charge in [0.2, 0.25) is 5.88 Å². The smallest absolute Gasteiger partial charge is 0.248 e. The van der Waals surface area contributed by atoms with Crippen LogP contribution in [0.3, 0.4) is 0 Å². The Bertz CT molecular complexity index is 903. The molecule has 3 aromatic rings. The van der Waals surface area contributed by atoms with Gasteiger partial charge >= 0.3 is 0 Å². The van der Waals surface area contributed by atoms with Crippen LogP contribution in [-0.2, 0) is 0 Å². The Balaban J connectivity index is 1.89. The fraction of sp³-hybridized carbons (Fsp3) is 0.111. The van der Waals surface area contributed by atoms with Crippen LogP contribution in [-0.4, -0.2) is 24.2 Å². The molecule has 0 aliphatic carbocycles. The summed E-state index contributed by atoms with van der Waals surface area (Å²) in [4.78, 5) is 8.30. The minimum Gasteiger partial charge on any atom is -0.497 e. The minimum absolute atomic E-state index is 0.256. The number of nitrogen functional groups attached to an aromatic ring is 1. The Hall–Kier alpha value is -3.00. The highest BCUT2D eigenvalue weighted by molar-refractivity contribution is 9.10. The molecule has 1 aromatic heterocycles. The van der Waals surface area contributed by atoms with Crippen molar-refractivity contribution < 1.29 is 14.2 Å². The molecule has 0 aliphatic rings. The molecule has 0 atom stereocenters. The van der Waals surface area contributed by atoms with Gasteiger partial charge in [-0.25, -0.2) is 4.98 Å². The molecule has 26 heavy (non-hydrogen) atoms. The predicted molar refractivity (Wildman–Crippen MR) is 103 cm³/mol. The largest absolute Gasteiger partial charge is 0.497 e. The number of aromatic nitrogens is 2. The van der Waals surface area contributed by atoms with Gasteiger partial charge in [0, 0.05) is 10.5 Å². The van der Waals surface area contributed by atoms with Crippen LogP contribution in [0.4, 0.5) is 17.2 Å².